The third-order valence-corrected chi connectivity index (χ3v) is 4.64. The molecule has 2 N–H and O–H groups in total. The maximum Gasteiger partial charge on any atom is 0.150 e. The summed E-state index contributed by atoms with van der Waals surface area (Å²) in [5.41, 5.74) is 11.6. The Bertz CT molecular complexity index is 1150. The van der Waals surface area contributed by atoms with Crippen LogP contribution < -0.4 is 5.73 Å². The van der Waals surface area contributed by atoms with Crippen LogP contribution in [0.4, 0.5) is 5.69 Å². The van der Waals surface area contributed by atoms with Crippen molar-refractivity contribution in [1.29, 1.82) is 0 Å². The molecule has 0 aromatic heterocycles. The second-order valence-corrected chi connectivity index (χ2v) is 7.23. The van der Waals surface area contributed by atoms with Gasteiger partial charge in [0.1, 0.15) is 6.29 Å². The molecule has 4 aromatic carbocycles. The van der Waals surface area contributed by atoms with E-state index in [1.54, 1.807) is 18.2 Å². The topological polar surface area (TPSA) is 55.4 Å². The second kappa shape index (κ2) is 15.3. The van der Waals surface area contributed by atoms with Gasteiger partial charge in [-0.2, -0.15) is 0 Å². The summed E-state index contributed by atoms with van der Waals surface area (Å²) in [4.78, 5) is 14.4. The third-order valence-electron chi connectivity index (χ3n) is 4.64. The van der Waals surface area contributed by atoms with Gasteiger partial charge in [0.05, 0.1) is 6.54 Å². The summed E-state index contributed by atoms with van der Waals surface area (Å²) in [6.07, 6.45) is 6.37. The summed E-state index contributed by atoms with van der Waals surface area (Å²) < 4.78 is 0. The van der Waals surface area contributed by atoms with Gasteiger partial charge in [0.2, 0.25) is 0 Å². The number of aliphatic imine (C=N–C) groups is 1. The van der Waals surface area contributed by atoms with Gasteiger partial charge < -0.3 is 5.73 Å². The molecule has 0 unspecified atom stereocenters. The minimum absolute atomic E-state index is 0.715. The van der Waals surface area contributed by atoms with Crippen LogP contribution in [0.1, 0.15) is 32.6 Å². The molecule has 0 saturated heterocycles. The molecule has 3 nitrogen and oxygen atoms in total. The number of rotatable bonds is 6. The first-order valence-corrected chi connectivity index (χ1v) is 10.9. The molecule has 0 atom stereocenters. The van der Waals surface area contributed by atoms with Crippen molar-refractivity contribution >= 4 is 30.3 Å². The molecule has 170 valence electrons. The summed E-state index contributed by atoms with van der Waals surface area (Å²) in [5, 5.41) is 0. The number of benzene rings is 4. The van der Waals surface area contributed by atoms with Crippen LogP contribution in [-0.4, -0.2) is 12.5 Å². The van der Waals surface area contributed by atoms with Gasteiger partial charge in [-0.15, -0.1) is 0 Å². The zero-order valence-electron chi connectivity index (χ0n) is 19.3. The van der Waals surface area contributed by atoms with Crippen LogP contribution in [-0.2, 0) is 6.54 Å². The van der Waals surface area contributed by atoms with Crippen molar-refractivity contribution in [3.63, 3.8) is 0 Å². The zero-order chi connectivity index (χ0) is 24.4. The summed E-state index contributed by atoms with van der Waals surface area (Å²) in [6, 6.07) is 35.1. The van der Waals surface area contributed by atoms with E-state index < -0.39 is 0 Å². The average Bonchev–Trinajstić information content (AvgIpc) is 2.91. The van der Waals surface area contributed by atoms with E-state index >= 15 is 0 Å². The minimum Gasteiger partial charge on any atom is -0.399 e. The highest BCUT2D eigenvalue weighted by atomic mass is 16.1. The summed E-state index contributed by atoms with van der Waals surface area (Å²) in [5.74, 6) is 0. The van der Waals surface area contributed by atoms with Gasteiger partial charge in [-0.25, -0.2) is 0 Å². The number of carbonyl (C=O) groups is 1. The first kappa shape index (κ1) is 25.8. The Morgan fingerprint density at radius 2 is 1.09 bits per heavy atom. The molecule has 4 rings (SSSR count). The van der Waals surface area contributed by atoms with Crippen molar-refractivity contribution in [3.05, 3.63) is 150 Å². The lowest BCUT2D eigenvalue weighted by atomic mass is 10.1. The fraction of sp³-hybridized carbons (Fsp3) is 0.0323. The number of carbonyl (C=O) groups excluding carboxylic acids is 1. The van der Waals surface area contributed by atoms with E-state index in [-0.39, 0.29) is 0 Å². The SMILES string of the molecule is C=Cc1ccc(CN=Cc2ccccc2)cc1.C=Cc1ccc(N)cc1.O=Cc1ccccc1. The van der Waals surface area contributed by atoms with E-state index in [0.717, 1.165) is 34.2 Å². The number of nitrogens with zero attached hydrogens (tertiary/aromatic N) is 1. The molecular weight excluding hydrogens is 416 g/mol. The summed E-state index contributed by atoms with van der Waals surface area (Å²) >= 11 is 0. The number of anilines is 1. The molecule has 0 aliphatic heterocycles. The Morgan fingerprint density at radius 1 is 0.618 bits per heavy atom. The number of nitrogens with two attached hydrogens (primary N) is 1. The molecule has 0 fully saturated rings. The largest absolute Gasteiger partial charge is 0.399 e. The average molecular weight is 447 g/mol. The van der Waals surface area contributed by atoms with Crippen LogP contribution >= 0.6 is 0 Å². The van der Waals surface area contributed by atoms with Crippen molar-refractivity contribution in [2.45, 2.75) is 6.54 Å². The Hall–Kier alpha value is -4.50. The predicted molar refractivity (Wildman–Crippen MR) is 147 cm³/mol. The van der Waals surface area contributed by atoms with Gasteiger partial charge in [-0.05, 0) is 34.4 Å². The molecule has 0 spiro atoms. The van der Waals surface area contributed by atoms with Gasteiger partial charge in [0.15, 0.2) is 0 Å². The number of hydrogen-bond donors (Lipinski definition) is 1. The third kappa shape index (κ3) is 10.2. The van der Waals surface area contributed by atoms with Gasteiger partial charge in [0.25, 0.3) is 0 Å². The van der Waals surface area contributed by atoms with Crippen molar-refractivity contribution in [2.24, 2.45) is 4.99 Å². The molecule has 3 heteroatoms. The Labute approximate surface area is 202 Å². The molecule has 0 aliphatic rings. The summed E-state index contributed by atoms with van der Waals surface area (Å²) in [7, 11) is 0. The Morgan fingerprint density at radius 3 is 1.53 bits per heavy atom. The maximum atomic E-state index is 10.0. The van der Waals surface area contributed by atoms with Crippen LogP contribution in [0.3, 0.4) is 0 Å². The monoisotopic (exact) mass is 446 g/mol. The van der Waals surface area contributed by atoms with Crippen molar-refractivity contribution in [3.8, 4) is 0 Å². The Kier molecular flexibility index (Phi) is 11.6. The highest BCUT2D eigenvalue weighted by molar-refractivity contribution is 5.79. The van der Waals surface area contributed by atoms with E-state index in [1.165, 1.54) is 5.56 Å². The molecule has 34 heavy (non-hydrogen) atoms. The van der Waals surface area contributed by atoms with Crippen molar-refractivity contribution in [1.82, 2.24) is 0 Å². The summed E-state index contributed by atoms with van der Waals surface area (Å²) in [6.45, 7) is 8.07. The normalized spacial score (nSPS) is 9.65. The quantitative estimate of drug-likeness (QED) is 0.191. The lowest BCUT2D eigenvalue weighted by Gasteiger charge is -1.97. The molecule has 0 saturated carbocycles. The smallest absolute Gasteiger partial charge is 0.150 e. The van der Waals surface area contributed by atoms with Crippen LogP contribution in [0.25, 0.3) is 12.2 Å². The molecule has 0 amide bonds. The molecule has 0 heterocycles. The van der Waals surface area contributed by atoms with E-state index in [1.807, 2.05) is 85.1 Å². The molecular formula is C31H30N2O. The highest BCUT2D eigenvalue weighted by Crippen LogP contribution is 2.07. The predicted octanol–water partition coefficient (Wildman–Crippen LogP) is 7.36. The molecule has 0 bridgehead atoms. The number of hydrogen-bond acceptors (Lipinski definition) is 3. The molecule has 0 aliphatic carbocycles. The highest BCUT2D eigenvalue weighted by Gasteiger charge is 1.90. The van der Waals surface area contributed by atoms with Gasteiger partial charge >= 0.3 is 0 Å². The van der Waals surface area contributed by atoms with Gasteiger partial charge in [-0.3, -0.25) is 9.79 Å². The van der Waals surface area contributed by atoms with Crippen LogP contribution in [0, 0.1) is 0 Å². The molecule has 4 aromatic rings. The van der Waals surface area contributed by atoms with E-state index in [4.69, 9.17) is 5.73 Å². The lowest BCUT2D eigenvalue weighted by Crippen LogP contribution is -1.84. The minimum atomic E-state index is 0.715. The standard InChI is InChI=1S/C16H15N.C8H9N.C7H6O/c1-2-14-8-10-16(11-9-14)13-17-12-15-6-4-3-5-7-15;1-2-7-3-5-8(9)6-4-7;8-6-7-4-2-1-3-5-7/h2-12H,1,13H2;2-6H,1,9H2;1-6H. The number of aldehydes is 1. The van der Waals surface area contributed by atoms with Gasteiger partial charge in [-0.1, -0.05) is 122 Å². The molecule has 0 radical (unpaired) electrons. The maximum absolute atomic E-state index is 10.0. The van der Waals surface area contributed by atoms with Crippen molar-refractivity contribution < 1.29 is 4.79 Å². The fourth-order valence-corrected chi connectivity index (χ4v) is 2.72. The van der Waals surface area contributed by atoms with Crippen molar-refractivity contribution in [2.75, 3.05) is 5.73 Å². The van der Waals surface area contributed by atoms with E-state index in [0.29, 0.717) is 6.54 Å². The van der Waals surface area contributed by atoms with E-state index in [2.05, 4.69) is 42.4 Å². The fourth-order valence-electron chi connectivity index (χ4n) is 2.72. The first-order chi connectivity index (χ1) is 16.6. The second-order valence-electron chi connectivity index (χ2n) is 7.23. The van der Waals surface area contributed by atoms with Crippen LogP contribution in [0.15, 0.2) is 127 Å². The van der Waals surface area contributed by atoms with Crippen LogP contribution in [0.2, 0.25) is 0 Å². The zero-order valence-corrected chi connectivity index (χ0v) is 19.3. The van der Waals surface area contributed by atoms with Gasteiger partial charge in [0, 0.05) is 17.5 Å². The van der Waals surface area contributed by atoms with E-state index in [9.17, 15) is 4.79 Å². The Balaban J connectivity index is 0.000000201. The lowest BCUT2D eigenvalue weighted by molar-refractivity contribution is 0.112. The first-order valence-electron chi connectivity index (χ1n) is 10.9. The number of nitrogen functional groups attached to an aromatic ring is 1. The van der Waals surface area contributed by atoms with Crippen LogP contribution in [0.5, 0.6) is 0 Å².